The van der Waals surface area contributed by atoms with E-state index in [4.69, 9.17) is 9.47 Å². The second-order valence-corrected chi connectivity index (χ2v) is 7.09. The van der Waals surface area contributed by atoms with Gasteiger partial charge in [0.1, 0.15) is 17.3 Å². The van der Waals surface area contributed by atoms with Crippen molar-refractivity contribution in [2.75, 3.05) is 7.05 Å². The summed E-state index contributed by atoms with van der Waals surface area (Å²) < 4.78 is 64.7. The summed E-state index contributed by atoms with van der Waals surface area (Å²) in [6.07, 6.45) is -9.77. The third kappa shape index (κ3) is 4.13. The predicted molar refractivity (Wildman–Crippen MR) is 88.2 cm³/mol. The molecule has 144 valence electrons. The highest BCUT2D eigenvalue weighted by Crippen LogP contribution is 2.40. The lowest BCUT2D eigenvalue weighted by Crippen LogP contribution is -2.53. The van der Waals surface area contributed by atoms with Gasteiger partial charge in [-0.15, -0.1) is 0 Å². The van der Waals surface area contributed by atoms with Crippen LogP contribution in [-0.4, -0.2) is 53.3 Å². The lowest BCUT2D eigenvalue weighted by molar-refractivity contribution is -0.268. The van der Waals surface area contributed by atoms with Crippen molar-refractivity contribution in [3.05, 3.63) is 35.6 Å². The average molecular weight is 394 g/mol. The first kappa shape index (κ1) is 19.4. The Morgan fingerprint density at radius 1 is 1.42 bits per heavy atom. The van der Waals surface area contributed by atoms with E-state index in [0.717, 1.165) is 17.8 Å². The van der Waals surface area contributed by atoms with Crippen LogP contribution in [0.15, 0.2) is 29.3 Å². The standard InChI is InChI=1S/C16H18F4N2O3S/c1-21-15-22-12-10(23)6-11(25-14(12)26-15)13(16(18,19)20)24-7-8-4-2-3-5-9(8)17/h2-5,10-14,23H,6-7H2,1H3,(H,21,22)/t10-,11-,12+,13+,14+/m0/s1. The Balaban J connectivity index is 1.72. The van der Waals surface area contributed by atoms with Crippen molar-refractivity contribution in [2.45, 2.75) is 49.0 Å². The van der Waals surface area contributed by atoms with E-state index in [1.807, 2.05) is 0 Å². The number of hydrogen-bond donors (Lipinski definition) is 2. The average Bonchev–Trinajstić information content (AvgIpc) is 2.99. The molecule has 5 atom stereocenters. The first-order valence-corrected chi connectivity index (χ1v) is 8.85. The van der Waals surface area contributed by atoms with Gasteiger partial charge in [0.2, 0.25) is 0 Å². The van der Waals surface area contributed by atoms with Crippen LogP contribution < -0.4 is 5.32 Å². The van der Waals surface area contributed by atoms with Gasteiger partial charge in [-0.05, 0) is 6.07 Å². The normalized spacial score (nSPS) is 29.8. The molecule has 1 aromatic rings. The van der Waals surface area contributed by atoms with Crippen LogP contribution in [0.4, 0.5) is 17.6 Å². The summed E-state index contributed by atoms with van der Waals surface area (Å²) in [4.78, 5) is 4.19. The van der Waals surface area contributed by atoms with E-state index in [9.17, 15) is 22.7 Å². The molecule has 0 bridgehead atoms. The van der Waals surface area contributed by atoms with Gasteiger partial charge in [-0.2, -0.15) is 13.2 Å². The molecule has 5 nitrogen and oxygen atoms in total. The number of hydrogen-bond acceptors (Lipinski definition) is 6. The van der Waals surface area contributed by atoms with Crippen LogP contribution in [0.3, 0.4) is 0 Å². The van der Waals surface area contributed by atoms with E-state index in [1.54, 1.807) is 7.05 Å². The molecule has 26 heavy (non-hydrogen) atoms. The number of aliphatic hydroxyl groups excluding tert-OH is 1. The zero-order chi connectivity index (χ0) is 18.9. The minimum atomic E-state index is -4.72. The van der Waals surface area contributed by atoms with Crippen LogP contribution in [0, 0.1) is 5.82 Å². The maximum absolute atomic E-state index is 13.6. The summed E-state index contributed by atoms with van der Waals surface area (Å²) in [5.74, 6) is -0.642. The SMILES string of the molecule is CNC1=N[C@H]2[C@H](O[C@H]([C@@H](OCc3ccccc3F)C(F)(F)F)C[C@@H]2O)S1. The van der Waals surface area contributed by atoms with Crippen LogP contribution in [0.5, 0.6) is 0 Å². The molecule has 2 heterocycles. The van der Waals surface area contributed by atoms with Gasteiger partial charge < -0.3 is 19.9 Å². The fourth-order valence-corrected chi connectivity index (χ4v) is 4.01. The van der Waals surface area contributed by atoms with Gasteiger partial charge >= 0.3 is 6.18 Å². The molecule has 3 rings (SSSR count). The number of thioether (sulfide) groups is 1. The molecule has 0 unspecified atom stereocenters. The maximum atomic E-state index is 13.6. The zero-order valence-corrected chi connectivity index (χ0v) is 14.6. The van der Waals surface area contributed by atoms with Crippen molar-refractivity contribution in [1.29, 1.82) is 0 Å². The summed E-state index contributed by atoms with van der Waals surface area (Å²) >= 11 is 1.12. The van der Waals surface area contributed by atoms with Crippen molar-refractivity contribution in [3.63, 3.8) is 0 Å². The number of alkyl halides is 3. The summed E-state index contributed by atoms with van der Waals surface area (Å²) in [7, 11) is 1.63. The Morgan fingerprint density at radius 2 is 2.15 bits per heavy atom. The number of ether oxygens (including phenoxy) is 2. The fourth-order valence-electron chi connectivity index (χ4n) is 2.91. The van der Waals surface area contributed by atoms with Crippen molar-refractivity contribution >= 4 is 16.9 Å². The lowest BCUT2D eigenvalue weighted by atomic mass is 9.97. The smallest absolute Gasteiger partial charge is 0.391 e. The first-order valence-electron chi connectivity index (χ1n) is 7.97. The molecule has 0 amide bonds. The predicted octanol–water partition coefficient (Wildman–Crippen LogP) is 2.44. The van der Waals surface area contributed by atoms with E-state index < -0.39 is 48.4 Å². The number of rotatable bonds is 4. The molecule has 10 heteroatoms. The number of aliphatic imine (C=N–C) groups is 1. The van der Waals surface area contributed by atoms with Crippen LogP contribution in [0.2, 0.25) is 0 Å². The number of amidine groups is 1. The fraction of sp³-hybridized carbons (Fsp3) is 0.562. The number of nitrogens with zero attached hydrogens (tertiary/aromatic N) is 1. The molecule has 0 radical (unpaired) electrons. The Labute approximate surface area is 151 Å². The number of benzene rings is 1. The highest BCUT2D eigenvalue weighted by molar-refractivity contribution is 8.14. The van der Waals surface area contributed by atoms with Crippen LogP contribution >= 0.6 is 11.8 Å². The van der Waals surface area contributed by atoms with Crippen LogP contribution in [0.25, 0.3) is 0 Å². The number of nitrogens with one attached hydrogen (secondary N) is 1. The molecule has 2 aliphatic rings. The van der Waals surface area contributed by atoms with Gasteiger partial charge in [0, 0.05) is 19.0 Å². The largest absolute Gasteiger partial charge is 0.417 e. The lowest BCUT2D eigenvalue weighted by Gasteiger charge is -2.38. The minimum Gasteiger partial charge on any atom is -0.391 e. The van der Waals surface area contributed by atoms with Crippen molar-refractivity contribution in [3.8, 4) is 0 Å². The molecule has 1 saturated heterocycles. The zero-order valence-electron chi connectivity index (χ0n) is 13.7. The van der Waals surface area contributed by atoms with Crippen molar-refractivity contribution in [2.24, 2.45) is 4.99 Å². The van der Waals surface area contributed by atoms with E-state index in [0.29, 0.717) is 5.17 Å². The van der Waals surface area contributed by atoms with E-state index in [1.165, 1.54) is 18.2 Å². The van der Waals surface area contributed by atoms with Gasteiger partial charge in [0.25, 0.3) is 0 Å². The summed E-state index contributed by atoms with van der Waals surface area (Å²) in [6.45, 7) is -0.549. The molecular weight excluding hydrogens is 376 g/mol. The van der Waals surface area contributed by atoms with Gasteiger partial charge in [0.05, 0.1) is 18.8 Å². The summed E-state index contributed by atoms with van der Waals surface area (Å²) in [5.41, 5.74) is -0.708. The second kappa shape index (κ2) is 7.71. The topological polar surface area (TPSA) is 63.1 Å². The van der Waals surface area contributed by atoms with E-state index >= 15 is 0 Å². The quantitative estimate of drug-likeness (QED) is 0.769. The maximum Gasteiger partial charge on any atom is 0.417 e. The number of halogens is 4. The number of fused-ring (bicyclic) bond motifs is 1. The van der Waals surface area contributed by atoms with Gasteiger partial charge in [-0.25, -0.2) is 4.39 Å². The third-order valence-electron chi connectivity index (χ3n) is 4.20. The Morgan fingerprint density at radius 3 is 2.81 bits per heavy atom. The Kier molecular flexibility index (Phi) is 5.75. The summed E-state index contributed by atoms with van der Waals surface area (Å²) in [6, 6.07) is 4.84. The highest BCUT2D eigenvalue weighted by atomic mass is 32.2. The molecule has 0 aromatic heterocycles. The van der Waals surface area contributed by atoms with Gasteiger partial charge in [0.15, 0.2) is 11.3 Å². The van der Waals surface area contributed by atoms with Gasteiger partial charge in [-0.1, -0.05) is 30.0 Å². The Bertz CT molecular complexity index is 673. The highest BCUT2D eigenvalue weighted by Gasteiger charge is 2.52. The molecule has 0 saturated carbocycles. The summed E-state index contributed by atoms with van der Waals surface area (Å²) in [5, 5.41) is 13.5. The van der Waals surface area contributed by atoms with Gasteiger partial charge in [-0.3, -0.25) is 4.99 Å². The van der Waals surface area contributed by atoms with Crippen molar-refractivity contribution in [1.82, 2.24) is 5.32 Å². The van der Waals surface area contributed by atoms with Crippen LogP contribution in [-0.2, 0) is 16.1 Å². The van der Waals surface area contributed by atoms with Crippen LogP contribution in [0.1, 0.15) is 12.0 Å². The minimum absolute atomic E-state index is 0.0204. The monoisotopic (exact) mass is 394 g/mol. The van der Waals surface area contributed by atoms with Crippen molar-refractivity contribution < 1.29 is 32.1 Å². The number of aliphatic hydroxyl groups is 1. The molecule has 0 spiro atoms. The second-order valence-electron chi connectivity index (χ2n) is 6.00. The molecular formula is C16H18F4N2O3S. The Hall–Kier alpha value is -1.36. The molecule has 0 aliphatic carbocycles. The molecule has 1 fully saturated rings. The molecule has 1 aromatic carbocycles. The third-order valence-corrected chi connectivity index (χ3v) is 5.36. The molecule has 2 N–H and O–H groups in total. The molecule has 2 aliphatic heterocycles. The van der Waals surface area contributed by atoms with E-state index in [-0.39, 0.29) is 12.0 Å². The first-order chi connectivity index (χ1) is 12.3. The van der Waals surface area contributed by atoms with E-state index in [2.05, 4.69) is 10.3 Å².